The van der Waals surface area contributed by atoms with E-state index in [1.807, 2.05) is 0 Å². The molecule has 0 aliphatic rings. The summed E-state index contributed by atoms with van der Waals surface area (Å²) in [6, 6.07) is 0. The van der Waals surface area contributed by atoms with Crippen LogP contribution in [-0.2, 0) is 0 Å². The lowest BCUT2D eigenvalue weighted by atomic mass is 11.0. The molecule has 0 aliphatic heterocycles. The van der Waals surface area contributed by atoms with Crippen LogP contribution in [0, 0.1) is 0 Å². The molecule has 0 amide bonds. The van der Waals surface area contributed by atoms with Gasteiger partial charge in [0.25, 0.3) is 0 Å². The van der Waals surface area contributed by atoms with Gasteiger partial charge >= 0.3 is 0 Å². The average molecular weight is 105 g/mol. The first-order valence-corrected chi connectivity index (χ1v) is 4.09. The highest BCUT2D eigenvalue weighted by Gasteiger charge is 1.87. The zero-order valence-corrected chi connectivity index (χ0v) is 5.33. The minimum atomic E-state index is -0.0761. The average Bonchev–Trinajstić information content (AvgIpc) is 1.65. The molecule has 0 spiro atoms. The number of hydrogen-bond acceptors (Lipinski definition) is 1. The molecule has 38 valence electrons. The lowest BCUT2D eigenvalue weighted by Gasteiger charge is -2.00. The number of hydrogen-bond donors (Lipinski definition) is 1. The zero-order valence-electron chi connectivity index (χ0n) is 4.44. The predicted molar refractivity (Wildman–Crippen MR) is 32.2 cm³/mol. The van der Waals surface area contributed by atoms with E-state index in [0.29, 0.717) is 0 Å². The number of nitrogens with two attached hydrogens (primary N) is 1. The topological polar surface area (TPSA) is 26.0 Å². The van der Waals surface area contributed by atoms with E-state index < -0.39 is 0 Å². The van der Waals surface area contributed by atoms with Crippen LogP contribution in [0.5, 0.6) is 0 Å². The molecule has 1 nitrogen and oxygen atoms in total. The molecule has 0 unspecified atom stereocenters. The van der Waals surface area contributed by atoms with Crippen LogP contribution in [0.3, 0.4) is 0 Å². The molecule has 0 saturated carbocycles. The summed E-state index contributed by atoms with van der Waals surface area (Å²) in [5.74, 6) is 0. The molecule has 0 radical (unpaired) electrons. The molecule has 0 aromatic heterocycles. The highest BCUT2D eigenvalue weighted by molar-refractivity contribution is 7.55. The maximum absolute atomic E-state index is 5.54. The number of rotatable bonds is 2. The van der Waals surface area contributed by atoms with Crippen molar-refractivity contribution in [3.05, 3.63) is 0 Å². The summed E-state index contributed by atoms with van der Waals surface area (Å²) in [4.78, 5) is 0. The van der Waals surface area contributed by atoms with E-state index in [1.165, 1.54) is 12.3 Å². The smallest absolute Gasteiger partial charge is 0.0225 e. The Hall–Kier alpha value is 0.390. The molecule has 0 aromatic rings. The Bertz CT molecular complexity index is 26.7. The van der Waals surface area contributed by atoms with Crippen LogP contribution < -0.4 is 5.50 Å². The molecule has 2 heteroatoms. The first kappa shape index (κ1) is 6.39. The van der Waals surface area contributed by atoms with Gasteiger partial charge in [-0.25, -0.2) is 0 Å². The van der Waals surface area contributed by atoms with Crippen LogP contribution in [0.15, 0.2) is 0 Å². The van der Waals surface area contributed by atoms with Gasteiger partial charge in [0.2, 0.25) is 0 Å². The van der Waals surface area contributed by atoms with Gasteiger partial charge in [-0.15, -0.1) is 0 Å². The Balaban J connectivity index is 2.75. The summed E-state index contributed by atoms with van der Waals surface area (Å²) >= 11 is 0. The Kier molecular flexibility index (Phi) is 3.81. The molecule has 0 saturated heterocycles. The van der Waals surface area contributed by atoms with Crippen molar-refractivity contribution >= 4 is 8.07 Å². The molecule has 0 rings (SSSR count). The van der Waals surface area contributed by atoms with Crippen molar-refractivity contribution in [3.63, 3.8) is 0 Å². The monoisotopic (exact) mass is 105 g/mol. The zero-order chi connectivity index (χ0) is 4.99. The van der Waals surface area contributed by atoms with E-state index in [2.05, 4.69) is 13.8 Å². The van der Waals surface area contributed by atoms with Crippen LogP contribution in [0.1, 0.15) is 13.8 Å². The van der Waals surface area contributed by atoms with Crippen LogP contribution in [0.4, 0.5) is 0 Å². The fourth-order valence-electron chi connectivity index (χ4n) is 0.224. The summed E-state index contributed by atoms with van der Waals surface area (Å²) < 4.78 is 0. The second-order valence-corrected chi connectivity index (χ2v) is 3.66. The molecule has 2 N–H and O–H groups in total. The lowest BCUT2D eigenvalue weighted by Crippen LogP contribution is -1.91. The van der Waals surface area contributed by atoms with Crippen LogP contribution in [0.25, 0.3) is 0 Å². The molecule has 0 fully saturated rings. The molecule has 0 atom stereocenters. The Morgan fingerprint density at radius 2 is 1.67 bits per heavy atom. The van der Waals surface area contributed by atoms with Crippen molar-refractivity contribution < 1.29 is 0 Å². The van der Waals surface area contributed by atoms with Crippen LogP contribution in [0.2, 0.25) is 0 Å². The van der Waals surface area contributed by atoms with Crippen molar-refractivity contribution in [1.29, 1.82) is 0 Å². The van der Waals surface area contributed by atoms with E-state index >= 15 is 0 Å². The summed E-state index contributed by atoms with van der Waals surface area (Å²) in [5.41, 5.74) is 5.54. The highest BCUT2D eigenvalue weighted by Crippen LogP contribution is 2.21. The van der Waals surface area contributed by atoms with Gasteiger partial charge in [-0.1, -0.05) is 13.8 Å². The minimum absolute atomic E-state index is 0.0761. The van der Waals surface area contributed by atoms with Gasteiger partial charge in [0.05, 0.1) is 0 Å². The molecular formula is C4H12NP. The van der Waals surface area contributed by atoms with Gasteiger partial charge in [-0.05, 0) is 20.4 Å². The molecule has 0 aliphatic carbocycles. The second kappa shape index (κ2) is 3.58. The summed E-state index contributed by atoms with van der Waals surface area (Å²) in [5, 5.41) is 0. The predicted octanol–water partition coefficient (Wildman–Crippen LogP) is 1.38. The first-order valence-electron chi connectivity index (χ1n) is 2.30. The van der Waals surface area contributed by atoms with E-state index in [1.54, 1.807) is 0 Å². The van der Waals surface area contributed by atoms with Gasteiger partial charge in [-0.3, -0.25) is 0 Å². The Morgan fingerprint density at radius 3 is 1.67 bits per heavy atom. The highest BCUT2D eigenvalue weighted by atomic mass is 31.1. The van der Waals surface area contributed by atoms with Crippen molar-refractivity contribution in [2.45, 2.75) is 13.8 Å². The van der Waals surface area contributed by atoms with Gasteiger partial charge < -0.3 is 5.50 Å². The van der Waals surface area contributed by atoms with Gasteiger partial charge in [0.1, 0.15) is 0 Å². The van der Waals surface area contributed by atoms with Gasteiger partial charge in [-0.2, -0.15) is 0 Å². The maximum atomic E-state index is 5.54. The third-order valence-corrected chi connectivity index (χ3v) is 2.44. The molecular weight excluding hydrogens is 93.0 g/mol. The van der Waals surface area contributed by atoms with Crippen molar-refractivity contribution in [3.8, 4) is 0 Å². The SMILES string of the molecule is CCP(N)CC. The van der Waals surface area contributed by atoms with E-state index in [-0.39, 0.29) is 8.07 Å². The summed E-state index contributed by atoms with van der Waals surface area (Å²) in [6.07, 6.45) is 2.34. The van der Waals surface area contributed by atoms with Gasteiger partial charge in [0, 0.05) is 0 Å². The van der Waals surface area contributed by atoms with Crippen molar-refractivity contribution in [1.82, 2.24) is 0 Å². The minimum Gasteiger partial charge on any atom is -0.310 e. The fourth-order valence-corrected chi connectivity index (χ4v) is 0.671. The molecule has 6 heavy (non-hydrogen) atoms. The van der Waals surface area contributed by atoms with E-state index in [4.69, 9.17) is 5.50 Å². The Morgan fingerprint density at radius 1 is 1.33 bits per heavy atom. The third-order valence-electron chi connectivity index (χ3n) is 0.812. The van der Waals surface area contributed by atoms with Crippen molar-refractivity contribution in [2.75, 3.05) is 12.3 Å². The first-order chi connectivity index (χ1) is 2.81. The fraction of sp³-hybridized carbons (Fsp3) is 1.00. The standard InChI is InChI=1S/C4H12NP/c1-3-6(5)4-2/h3-5H2,1-2H3. The van der Waals surface area contributed by atoms with Gasteiger partial charge in [0.15, 0.2) is 0 Å². The second-order valence-electron chi connectivity index (χ2n) is 1.22. The van der Waals surface area contributed by atoms with Crippen LogP contribution in [-0.4, -0.2) is 12.3 Å². The largest absolute Gasteiger partial charge is 0.310 e. The molecule has 0 bridgehead atoms. The Labute approximate surface area is 40.7 Å². The molecule has 0 heterocycles. The quantitative estimate of drug-likeness (QED) is 0.527. The third kappa shape index (κ3) is 2.62. The van der Waals surface area contributed by atoms with Crippen molar-refractivity contribution in [2.24, 2.45) is 5.50 Å². The maximum Gasteiger partial charge on any atom is -0.0225 e. The summed E-state index contributed by atoms with van der Waals surface area (Å²) in [7, 11) is -0.0761. The van der Waals surface area contributed by atoms with Crippen LogP contribution >= 0.6 is 8.07 Å². The lowest BCUT2D eigenvalue weighted by molar-refractivity contribution is 1.39. The van der Waals surface area contributed by atoms with E-state index in [9.17, 15) is 0 Å². The summed E-state index contributed by atoms with van der Waals surface area (Å²) in [6.45, 7) is 4.27. The molecule has 0 aromatic carbocycles. The normalized spacial score (nSPS) is 10.0. The van der Waals surface area contributed by atoms with E-state index in [0.717, 1.165) is 0 Å².